The predicted molar refractivity (Wildman–Crippen MR) is 294 cm³/mol. The highest BCUT2D eigenvalue weighted by Gasteiger charge is 2.65. The Morgan fingerprint density at radius 1 is 0.863 bits per heavy atom. The number of hydrogen-bond acceptors (Lipinski definition) is 10. The van der Waals surface area contributed by atoms with E-state index in [2.05, 4.69) is 91.4 Å². The third kappa shape index (κ3) is 13.6. The maximum atomic E-state index is 15.6. The van der Waals surface area contributed by atoms with E-state index in [4.69, 9.17) is 28.9 Å². The molecular weight excluding hydrogens is 933 g/mol. The first-order valence-electron chi connectivity index (χ1n) is 27.8. The molecule has 2 aliphatic heterocycles. The average Bonchev–Trinajstić information content (AvgIpc) is 3.42. The Labute approximate surface area is 439 Å². The summed E-state index contributed by atoms with van der Waals surface area (Å²) in [6.45, 7) is 7.82. The van der Waals surface area contributed by atoms with Crippen LogP contribution in [0.1, 0.15) is 152 Å². The molecular formula is C62H82N2O8S. The number of nitrogens with zero attached hydrogens (tertiary/aromatic N) is 2. The molecule has 0 spiro atoms. The summed E-state index contributed by atoms with van der Waals surface area (Å²) in [5, 5.41) is 27.6. The first-order valence-corrected chi connectivity index (χ1v) is 29.1. The Hall–Kier alpha value is -4.65. The Kier molecular flexibility index (Phi) is 20.8. The summed E-state index contributed by atoms with van der Waals surface area (Å²) in [7, 11) is 0. The van der Waals surface area contributed by atoms with Crippen LogP contribution in [-0.2, 0) is 25.7 Å². The number of carbonyl (C=O) groups is 1. The van der Waals surface area contributed by atoms with E-state index in [1.54, 1.807) is 17.8 Å². The SMILES string of the molecule is C=CCOC12Oc3ccc(Oc4ccc(SC)cc4)cc3C3C(CCCCO)C(CCCCO)C=C(C(=NOC4CCCCO4)CC1N(Cc1cccc4ccccc14)C(=O)CCCCCCCCCCC)C32. The highest BCUT2D eigenvalue weighted by atomic mass is 32.2. The van der Waals surface area contributed by atoms with Gasteiger partial charge in [-0.3, -0.25) is 4.79 Å². The molecule has 7 atom stereocenters. The summed E-state index contributed by atoms with van der Waals surface area (Å²) >= 11 is 1.69. The molecule has 1 saturated heterocycles. The molecule has 8 rings (SSSR count). The molecule has 0 aromatic heterocycles. The summed E-state index contributed by atoms with van der Waals surface area (Å²) in [5.74, 6) is 0.390. The molecule has 394 valence electrons. The topological polar surface area (TPSA) is 119 Å². The summed E-state index contributed by atoms with van der Waals surface area (Å²) < 4.78 is 27.8. The molecule has 0 bridgehead atoms. The van der Waals surface area contributed by atoms with Crippen molar-refractivity contribution in [1.29, 1.82) is 0 Å². The minimum absolute atomic E-state index is 0.0603. The van der Waals surface area contributed by atoms with Gasteiger partial charge in [-0.25, -0.2) is 0 Å². The van der Waals surface area contributed by atoms with Gasteiger partial charge in [-0.15, -0.1) is 18.3 Å². The van der Waals surface area contributed by atoms with E-state index in [1.165, 1.54) is 38.5 Å². The number of oxime groups is 1. The maximum Gasteiger partial charge on any atom is 0.239 e. The molecule has 73 heavy (non-hydrogen) atoms. The van der Waals surface area contributed by atoms with Crippen LogP contribution in [0.25, 0.3) is 10.8 Å². The third-order valence-corrected chi connectivity index (χ3v) is 16.5. The highest BCUT2D eigenvalue weighted by molar-refractivity contribution is 7.98. The van der Waals surface area contributed by atoms with Gasteiger partial charge in [-0.05, 0) is 127 Å². The lowest BCUT2D eigenvalue weighted by atomic mass is 9.55. The Bertz CT molecular complexity index is 2430. The zero-order chi connectivity index (χ0) is 50.8. The number of aliphatic hydroxyl groups excluding tert-OH is 2. The van der Waals surface area contributed by atoms with Crippen molar-refractivity contribution < 1.29 is 38.8 Å². The van der Waals surface area contributed by atoms with Gasteiger partial charge in [-0.2, -0.15) is 0 Å². The maximum absolute atomic E-state index is 15.6. The minimum atomic E-state index is -1.38. The Morgan fingerprint density at radius 2 is 1.60 bits per heavy atom. The van der Waals surface area contributed by atoms with Crippen molar-refractivity contribution in [2.45, 2.75) is 171 Å². The third-order valence-electron chi connectivity index (χ3n) is 15.8. The second-order valence-electron chi connectivity index (χ2n) is 20.7. The fraction of sp³-hybridized carbons (Fsp3) is 0.548. The van der Waals surface area contributed by atoms with Crippen LogP contribution in [0, 0.1) is 17.8 Å². The monoisotopic (exact) mass is 1010 g/mol. The van der Waals surface area contributed by atoms with Gasteiger partial charge >= 0.3 is 0 Å². The normalized spacial score (nSPS) is 23.8. The van der Waals surface area contributed by atoms with Crippen LogP contribution in [0.2, 0.25) is 0 Å². The van der Waals surface area contributed by atoms with Crippen LogP contribution in [-0.4, -0.2) is 77.5 Å². The number of allylic oxidation sites excluding steroid dienone is 1. The molecule has 4 aromatic rings. The second kappa shape index (κ2) is 27.8. The molecule has 0 radical (unpaired) electrons. The van der Waals surface area contributed by atoms with E-state index < -0.39 is 24.0 Å². The Balaban J connectivity index is 1.28. The van der Waals surface area contributed by atoms with E-state index in [1.807, 2.05) is 24.3 Å². The van der Waals surface area contributed by atoms with Gasteiger partial charge in [0.15, 0.2) is 0 Å². The molecule has 2 fully saturated rings. The number of hydrogen-bond donors (Lipinski definition) is 2. The van der Waals surface area contributed by atoms with Crippen LogP contribution in [0.15, 0.2) is 119 Å². The van der Waals surface area contributed by atoms with E-state index in [0.29, 0.717) is 50.3 Å². The largest absolute Gasteiger partial charge is 0.459 e. The minimum Gasteiger partial charge on any atom is -0.459 e. The highest BCUT2D eigenvalue weighted by Crippen LogP contribution is 2.62. The summed E-state index contributed by atoms with van der Waals surface area (Å²) in [6.07, 6.45) is 24.4. The van der Waals surface area contributed by atoms with Crippen molar-refractivity contribution >= 4 is 34.2 Å². The standard InChI is InChI=1S/C62H82N2O8S/c1-4-6-7-8-9-10-11-12-13-29-58(67)64(44-47-26-22-25-45-23-14-15-27-51(45)47)57-43-55(63-72-59-30-18-21-40-68-59)53-41-46(24-16-19-37-65)52(28-17-20-38-66)60-54-42-49(70-48-31-34-50(73-3)35-32-48)33-36-56(54)71-62(57,61(53)60)69-39-5-2/h5,14-15,22-23,25-27,31-36,41-42,46,52,57,59-61,65-66H,2,4,6-13,16-21,24,28-30,37-40,43-44H2,1,3H3. The van der Waals surface area contributed by atoms with E-state index >= 15 is 4.79 Å². The van der Waals surface area contributed by atoms with Crippen molar-refractivity contribution in [1.82, 2.24) is 4.90 Å². The molecule has 11 heteroatoms. The van der Waals surface area contributed by atoms with Crippen LogP contribution in [0.3, 0.4) is 0 Å². The van der Waals surface area contributed by atoms with E-state index in [-0.39, 0.29) is 43.5 Å². The lowest BCUT2D eigenvalue weighted by molar-refractivity contribution is -0.258. The van der Waals surface area contributed by atoms with Crippen LogP contribution in [0.4, 0.5) is 0 Å². The first-order chi connectivity index (χ1) is 35.9. The fourth-order valence-corrected chi connectivity index (χ4v) is 12.5. The number of amides is 1. The van der Waals surface area contributed by atoms with Gasteiger partial charge < -0.3 is 38.9 Å². The lowest BCUT2D eigenvalue weighted by Crippen LogP contribution is -2.70. The van der Waals surface area contributed by atoms with Gasteiger partial charge in [0, 0.05) is 55.4 Å². The Morgan fingerprint density at radius 3 is 2.34 bits per heavy atom. The number of benzene rings is 4. The van der Waals surface area contributed by atoms with Gasteiger partial charge in [0.05, 0.1) is 24.8 Å². The molecule has 4 aromatic carbocycles. The molecule has 1 amide bonds. The van der Waals surface area contributed by atoms with Crippen LogP contribution >= 0.6 is 11.8 Å². The molecule has 2 aliphatic carbocycles. The van der Waals surface area contributed by atoms with Gasteiger partial charge in [0.1, 0.15) is 23.3 Å². The average molecular weight is 1020 g/mol. The molecule has 2 heterocycles. The number of thioether (sulfide) groups is 1. The van der Waals surface area contributed by atoms with Gasteiger partial charge in [0.2, 0.25) is 18.0 Å². The fourth-order valence-electron chi connectivity index (χ4n) is 12.1. The zero-order valence-corrected chi connectivity index (χ0v) is 44.5. The van der Waals surface area contributed by atoms with Gasteiger partial charge in [-0.1, -0.05) is 131 Å². The van der Waals surface area contributed by atoms with Crippen molar-refractivity contribution in [2.24, 2.45) is 22.9 Å². The quantitative estimate of drug-likeness (QED) is 0.0237. The van der Waals surface area contributed by atoms with Crippen molar-refractivity contribution in [3.8, 4) is 17.2 Å². The van der Waals surface area contributed by atoms with E-state index in [9.17, 15) is 10.2 Å². The number of rotatable bonds is 29. The van der Waals surface area contributed by atoms with Crippen LogP contribution in [0.5, 0.6) is 17.2 Å². The molecule has 1 saturated carbocycles. The molecule has 7 unspecified atom stereocenters. The summed E-state index contributed by atoms with van der Waals surface area (Å²) in [6, 6.07) is 28.5. The first kappa shape index (κ1) is 54.6. The van der Waals surface area contributed by atoms with E-state index in [0.717, 1.165) is 108 Å². The van der Waals surface area contributed by atoms with Crippen LogP contribution < -0.4 is 9.47 Å². The number of unbranched alkanes of at least 4 members (excludes halogenated alkanes) is 10. The van der Waals surface area contributed by atoms with Crippen molar-refractivity contribution in [3.05, 3.63) is 120 Å². The lowest BCUT2D eigenvalue weighted by Gasteiger charge is -2.60. The van der Waals surface area contributed by atoms with Crippen molar-refractivity contribution in [2.75, 3.05) is 32.7 Å². The number of fused-ring (bicyclic) bond motifs is 3. The zero-order valence-electron chi connectivity index (χ0n) is 43.7. The number of ether oxygens (including phenoxy) is 4. The second-order valence-corrected chi connectivity index (χ2v) is 21.6. The number of aliphatic hydroxyl groups is 2. The predicted octanol–water partition coefficient (Wildman–Crippen LogP) is 14.5. The number of carbonyl (C=O) groups excluding carboxylic acids is 1. The molecule has 10 nitrogen and oxygen atoms in total. The smallest absolute Gasteiger partial charge is 0.239 e. The summed E-state index contributed by atoms with van der Waals surface area (Å²) in [5.41, 5.74) is 3.86. The molecule has 4 aliphatic rings. The van der Waals surface area contributed by atoms with Gasteiger partial charge in [0.25, 0.3) is 0 Å². The summed E-state index contributed by atoms with van der Waals surface area (Å²) in [4.78, 5) is 25.3. The van der Waals surface area contributed by atoms with Crippen molar-refractivity contribution in [3.63, 3.8) is 0 Å². The molecule has 2 N–H and O–H groups in total.